The smallest absolute Gasteiger partial charge is 0.313 e. The molecule has 1 unspecified atom stereocenters. The Hall–Kier alpha value is -0.810. The molecule has 1 aliphatic rings. The Morgan fingerprint density at radius 2 is 1.71 bits per heavy atom. The standard InChI is InChI=1S/C11H11F4N.ClH/c12-10(5-6-16-7-10)8-1-3-9(4-2-8)11(13,14)15;/h1-4,16H,5-7H2;1H. The van der Waals surface area contributed by atoms with Gasteiger partial charge in [0.15, 0.2) is 0 Å². The Bertz CT molecular complexity index is 368. The van der Waals surface area contributed by atoms with E-state index in [0.29, 0.717) is 18.5 Å². The molecule has 1 aliphatic heterocycles. The first kappa shape index (κ1) is 14.3. The highest BCUT2D eigenvalue weighted by molar-refractivity contribution is 5.85. The molecule has 17 heavy (non-hydrogen) atoms. The average molecular weight is 270 g/mol. The minimum absolute atomic E-state index is 0. The highest BCUT2D eigenvalue weighted by Gasteiger charge is 2.36. The maximum atomic E-state index is 14.1. The summed E-state index contributed by atoms with van der Waals surface area (Å²) in [4.78, 5) is 0. The number of nitrogens with one attached hydrogen (secondary N) is 1. The van der Waals surface area contributed by atoms with Gasteiger partial charge in [0, 0.05) is 6.54 Å². The van der Waals surface area contributed by atoms with Gasteiger partial charge in [-0.15, -0.1) is 12.4 Å². The van der Waals surface area contributed by atoms with Crippen molar-refractivity contribution in [1.82, 2.24) is 5.32 Å². The molecule has 1 atom stereocenters. The minimum Gasteiger partial charge on any atom is -0.313 e. The number of hydrogen-bond donors (Lipinski definition) is 1. The van der Waals surface area contributed by atoms with Gasteiger partial charge in [-0.1, -0.05) is 12.1 Å². The number of hydrogen-bond acceptors (Lipinski definition) is 1. The fraction of sp³-hybridized carbons (Fsp3) is 0.455. The van der Waals surface area contributed by atoms with E-state index in [-0.39, 0.29) is 19.0 Å². The molecule has 1 heterocycles. The largest absolute Gasteiger partial charge is 0.416 e. The van der Waals surface area contributed by atoms with Crippen LogP contribution in [0, 0.1) is 0 Å². The molecule has 0 aliphatic carbocycles. The van der Waals surface area contributed by atoms with Crippen LogP contribution < -0.4 is 5.32 Å². The fourth-order valence-corrected chi connectivity index (χ4v) is 1.87. The Balaban J connectivity index is 0.00000144. The van der Waals surface area contributed by atoms with E-state index >= 15 is 0 Å². The summed E-state index contributed by atoms with van der Waals surface area (Å²) < 4.78 is 51.0. The normalized spacial score (nSPS) is 24.5. The van der Waals surface area contributed by atoms with Gasteiger partial charge >= 0.3 is 6.18 Å². The summed E-state index contributed by atoms with van der Waals surface area (Å²) in [5, 5.41) is 2.86. The molecule has 0 bridgehead atoms. The molecule has 0 saturated carbocycles. The van der Waals surface area contributed by atoms with E-state index in [1.54, 1.807) is 0 Å². The first-order chi connectivity index (χ1) is 7.42. The predicted octanol–water partition coefficient (Wildman–Crippen LogP) is 3.29. The van der Waals surface area contributed by atoms with Gasteiger partial charge in [-0.2, -0.15) is 13.2 Å². The topological polar surface area (TPSA) is 12.0 Å². The monoisotopic (exact) mass is 269 g/mol. The van der Waals surface area contributed by atoms with Crippen molar-refractivity contribution in [3.05, 3.63) is 35.4 Å². The second kappa shape index (κ2) is 4.82. The van der Waals surface area contributed by atoms with E-state index in [1.165, 1.54) is 12.1 Å². The zero-order chi connectivity index (χ0) is 11.8. The Morgan fingerprint density at radius 1 is 1.12 bits per heavy atom. The Kier molecular flexibility index (Phi) is 4.04. The van der Waals surface area contributed by atoms with E-state index in [4.69, 9.17) is 0 Å². The van der Waals surface area contributed by atoms with E-state index in [1.807, 2.05) is 0 Å². The Morgan fingerprint density at radius 3 is 2.12 bits per heavy atom. The second-order valence-electron chi connectivity index (χ2n) is 3.97. The zero-order valence-electron chi connectivity index (χ0n) is 8.85. The van der Waals surface area contributed by atoms with Crippen LogP contribution in [0.15, 0.2) is 24.3 Å². The molecule has 0 amide bonds. The van der Waals surface area contributed by atoms with E-state index in [2.05, 4.69) is 5.32 Å². The quantitative estimate of drug-likeness (QED) is 0.772. The van der Waals surface area contributed by atoms with E-state index < -0.39 is 17.4 Å². The molecular weight excluding hydrogens is 258 g/mol. The summed E-state index contributed by atoms with van der Waals surface area (Å²) in [5.74, 6) is 0. The van der Waals surface area contributed by atoms with Crippen LogP contribution in [0.3, 0.4) is 0 Å². The van der Waals surface area contributed by atoms with Crippen molar-refractivity contribution in [2.45, 2.75) is 18.3 Å². The molecule has 0 aromatic heterocycles. The van der Waals surface area contributed by atoms with Crippen LogP contribution >= 0.6 is 12.4 Å². The third-order valence-corrected chi connectivity index (χ3v) is 2.83. The van der Waals surface area contributed by atoms with Crippen LogP contribution in [-0.2, 0) is 11.8 Å². The van der Waals surface area contributed by atoms with E-state index in [9.17, 15) is 17.6 Å². The van der Waals surface area contributed by atoms with Gasteiger partial charge in [-0.25, -0.2) is 4.39 Å². The number of alkyl halides is 4. The molecular formula is C11H12ClF4N. The van der Waals surface area contributed by atoms with Crippen LogP contribution in [0.5, 0.6) is 0 Å². The third-order valence-electron chi connectivity index (χ3n) is 2.83. The number of halogens is 5. The summed E-state index contributed by atoms with van der Waals surface area (Å²) in [5.41, 5.74) is -1.96. The molecule has 1 N–H and O–H groups in total. The van der Waals surface area contributed by atoms with Gasteiger partial charge in [-0.3, -0.25) is 0 Å². The highest BCUT2D eigenvalue weighted by atomic mass is 35.5. The van der Waals surface area contributed by atoms with Crippen LogP contribution in [-0.4, -0.2) is 13.1 Å². The number of rotatable bonds is 1. The van der Waals surface area contributed by atoms with Crippen LogP contribution in [0.4, 0.5) is 17.6 Å². The van der Waals surface area contributed by atoms with Crippen molar-refractivity contribution < 1.29 is 17.6 Å². The predicted molar refractivity (Wildman–Crippen MR) is 59.0 cm³/mol. The van der Waals surface area contributed by atoms with Gasteiger partial charge in [0.1, 0.15) is 5.67 Å². The molecule has 6 heteroatoms. The lowest BCUT2D eigenvalue weighted by Gasteiger charge is -2.19. The zero-order valence-corrected chi connectivity index (χ0v) is 9.67. The van der Waals surface area contributed by atoms with Crippen LogP contribution in [0.2, 0.25) is 0 Å². The van der Waals surface area contributed by atoms with Gasteiger partial charge in [-0.05, 0) is 30.7 Å². The van der Waals surface area contributed by atoms with Gasteiger partial charge in [0.25, 0.3) is 0 Å². The van der Waals surface area contributed by atoms with Crippen molar-refractivity contribution >= 4 is 12.4 Å². The summed E-state index contributed by atoms with van der Waals surface area (Å²) >= 11 is 0. The second-order valence-corrected chi connectivity index (χ2v) is 3.97. The van der Waals surface area contributed by atoms with Gasteiger partial charge < -0.3 is 5.32 Å². The first-order valence-corrected chi connectivity index (χ1v) is 4.99. The molecule has 1 aromatic rings. The molecule has 1 fully saturated rings. The first-order valence-electron chi connectivity index (χ1n) is 4.99. The van der Waals surface area contributed by atoms with Crippen molar-refractivity contribution in [2.24, 2.45) is 0 Å². The van der Waals surface area contributed by atoms with Crippen LogP contribution in [0.1, 0.15) is 17.5 Å². The van der Waals surface area contributed by atoms with Crippen molar-refractivity contribution in [2.75, 3.05) is 13.1 Å². The van der Waals surface area contributed by atoms with Gasteiger partial charge in [0.2, 0.25) is 0 Å². The molecule has 0 spiro atoms. The summed E-state index contributed by atoms with van der Waals surface area (Å²) in [6.45, 7) is 0.718. The molecule has 1 saturated heterocycles. The third kappa shape index (κ3) is 2.90. The van der Waals surface area contributed by atoms with E-state index in [0.717, 1.165) is 12.1 Å². The average Bonchev–Trinajstić information content (AvgIpc) is 2.66. The maximum absolute atomic E-state index is 14.1. The van der Waals surface area contributed by atoms with Gasteiger partial charge in [0.05, 0.1) is 5.56 Å². The fourth-order valence-electron chi connectivity index (χ4n) is 1.87. The van der Waals surface area contributed by atoms with Crippen molar-refractivity contribution in [1.29, 1.82) is 0 Å². The summed E-state index contributed by atoms with van der Waals surface area (Å²) in [6.07, 6.45) is -4.06. The van der Waals surface area contributed by atoms with Crippen molar-refractivity contribution in [3.63, 3.8) is 0 Å². The SMILES string of the molecule is Cl.FC(F)(F)c1ccc(C2(F)CCNC2)cc1. The lowest BCUT2D eigenvalue weighted by Crippen LogP contribution is -2.23. The maximum Gasteiger partial charge on any atom is 0.416 e. The van der Waals surface area contributed by atoms with Crippen molar-refractivity contribution in [3.8, 4) is 0 Å². The molecule has 2 rings (SSSR count). The Labute approximate surface area is 103 Å². The molecule has 96 valence electrons. The molecule has 0 radical (unpaired) electrons. The van der Waals surface area contributed by atoms with Crippen LogP contribution in [0.25, 0.3) is 0 Å². The molecule has 1 aromatic carbocycles. The summed E-state index contributed by atoms with van der Waals surface area (Å²) in [6, 6.07) is 4.29. The lowest BCUT2D eigenvalue weighted by atomic mass is 9.94. The molecule has 1 nitrogen and oxygen atoms in total. The summed E-state index contributed by atoms with van der Waals surface area (Å²) in [7, 11) is 0. The minimum atomic E-state index is -4.37. The number of benzene rings is 1. The highest BCUT2D eigenvalue weighted by Crippen LogP contribution is 2.35. The lowest BCUT2D eigenvalue weighted by molar-refractivity contribution is -0.137.